The number of rotatable bonds is 6. The van der Waals surface area contributed by atoms with Crippen molar-refractivity contribution in [2.75, 3.05) is 36.6 Å². The van der Waals surface area contributed by atoms with E-state index in [-0.39, 0.29) is 22.2 Å². The maximum absolute atomic E-state index is 12.9. The summed E-state index contributed by atoms with van der Waals surface area (Å²) >= 11 is 5.59. The molecule has 1 aromatic heterocycles. The second-order valence-corrected chi connectivity index (χ2v) is 5.13. The highest BCUT2D eigenvalue weighted by Crippen LogP contribution is 2.37. The summed E-state index contributed by atoms with van der Waals surface area (Å²) in [4.78, 5) is 7.92. The van der Waals surface area contributed by atoms with Crippen molar-refractivity contribution in [2.45, 2.75) is 6.18 Å². The molecule has 0 saturated carbocycles. The van der Waals surface area contributed by atoms with Crippen LogP contribution in [0.25, 0.3) is 0 Å². The van der Waals surface area contributed by atoms with Crippen molar-refractivity contribution in [3.8, 4) is 0 Å². The van der Waals surface area contributed by atoms with Crippen molar-refractivity contribution in [3.63, 3.8) is 0 Å². The molecular weight excluding hydrogens is 347 g/mol. The zero-order chi connectivity index (χ0) is 17.7. The highest BCUT2D eigenvalue weighted by atomic mass is 35.5. The number of halogens is 4. The number of nitrogen functional groups attached to an aromatic ring is 1. The lowest BCUT2D eigenvalue weighted by Crippen LogP contribution is -2.12. The number of nitrogens with two attached hydrogens (primary N) is 1. The zero-order valence-electron chi connectivity index (χ0n) is 12.6. The van der Waals surface area contributed by atoms with Gasteiger partial charge in [-0.2, -0.15) is 13.2 Å². The second kappa shape index (κ2) is 7.54. The van der Waals surface area contributed by atoms with Gasteiger partial charge in [0.05, 0.1) is 17.2 Å². The van der Waals surface area contributed by atoms with E-state index in [2.05, 4.69) is 20.6 Å². The first-order valence-electron chi connectivity index (χ1n) is 6.80. The van der Waals surface area contributed by atoms with E-state index in [0.29, 0.717) is 19.0 Å². The molecule has 0 bridgehead atoms. The number of nitrogens with zero attached hydrogens (tertiary/aromatic N) is 2. The average Bonchev–Trinajstić information content (AvgIpc) is 2.52. The number of ether oxygens (including phenoxy) is 1. The SMILES string of the molecule is COCCNc1ncnc(Nc2ccc(Cl)c(C(F)(F)F)c2)c1N. The van der Waals surface area contributed by atoms with Gasteiger partial charge in [0.1, 0.15) is 12.0 Å². The summed E-state index contributed by atoms with van der Waals surface area (Å²) in [6, 6.07) is 3.45. The first-order valence-corrected chi connectivity index (χ1v) is 7.17. The normalized spacial score (nSPS) is 11.4. The Morgan fingerprint density at radius 2 is 1.96 bits per heavy atom. The summed E-state index contributed by atoms with van der Waals surface area (Å²) in [5.74, 6) is 0.537. The Morgan fingerprint density at radius 1 is 1.25 bits per heavy atom. The van der Waals surface area contributed by atoms with Crippen LogP contribution in [0.1, 0.15) is 5.56 Å². The molecule has 0 aliphatic carbocycles. The molecule has 0 saturated heterocycles. The molecule has 10 heteroatoms. The molecule has 1 heterocycles. The lowest BCUT2D eigenvalue weighted by atomic mass is 10.2. The summed E-state index contributed by atoms with van der Waals surface area (Å²) in [5.41, 5.74) is 5.31. The van der Waals surface area contributed by atoms with Gasteiger partial charge < -0.3 is 21.1 Å². The van der Waals surface area contributed by atoms with E-state index in [0.717, 1.165) is 12.1 Å². The van der Waals surface area contributed by atoms with Gasteiger partial charge in [-0.15, -0.1) is 0 Å². The summed E-state index contributed by atoms with van der Waals surface area (Å²) in [5, 5.41) is 5.30. The van der Waals surface area contributed by atoms with Crippen LogP contribution < -0.4 is 16.4 Å². The maximum Gasteiger partial charge on any atom is 0.417 e. The second-order valence-electron chi connectivity index (χ2n) is 4.72. The van der Waals surface area contributed by atoms with Crippen LogP contribution in [-0.4, -0.2) is 30.2 Å². The van der Waals surface area contributed by atoms with Gasteiger partial charge in [0.2, 0.25) is 0 Å². The molecule has 24 heavy (non-hydrogen) atoms. The number of hydrogen-bond donors (Lipinski definition) is 3. The minimum Gasteiger partial charge on any atom is -0.393 e. The third kappa shape index (κ3) is 4.39. The van der Waals surface area contributed by atoms with Crippen molar-refractivity contribution < 1.29 is 17.9 Å². The summed E-state index contributed by atoms with van der Waals surface area (Å²) in [7, 11) is 1.55. The maximum atomic E-state index is 12.9. The molecule has 0 atom stereocenters. The van der Waals surface area contributed by atoms with Crippen molar-refractivity contribution in [1.82, 2.24) is 9.97 Å². The first kappa shape index (κ1) is 18.1. The van der Waals surface area contributed by atoms with Crippen LogP contribution in [0.15, 0.2) is 24.5 Å². The van der Waals surface area contributed by atoms with Crippen LogP contribution in [0.5, 0.6) is 0 Å². The highest BCUT2D eigenvalue weighted by Gasteiger charge is 2.33. The van der Waals surface area contributed by atoms with Crippen molar-refractivity contribution in [2.24, 2.45) is 0 Å². The van der Waals surface area contributed by atoms with Gasteiger partial charge in [-0.25, -0.2) is 9.97 Å². The highest BCUT2D eigenvalue weighted by molar-refractivity contribution is 6.31. The Kier molecular flexibility index (Phi) is 5.68. The molecular formula is C14H15ClF3N5O. The molecule has 0 radical (unpaired) electrons. The minimum absolute atomic E-state index is 0.153. The third-order valence-electron chi connectivity index (χ3n) is 3.02. The number of hydrogen-bond acceptors (Lipinski definition) is 6. The van der Waals surface area contributed by atoms with Crippen LogP contribution in [-0.2, 0) is 10.9 Å². The van der Waals surface area contributed by atoms with E-state index in [9.17, 15) is 13.2 Å². The summed E-state index contributed by atoms with van der Waals surface area (Å²) < 4.78 is 43.6. The number of alkyl halides is 3. The Hall–Kier alpha value is -2.26. The number of nitrogens with one attached hydrogen (secondary N) is 2. The van der Waals surface area contributed by atoms with Gasteiger partial charge >= 0.3 is 6.18 Å². The fraction of sp³-hybridized carbons (Fsp3) is 0.286. The molecule has 0 aliphatic heterocycles. The van der Waals surface area contributed by atoms with Crippen LogP contribution >= 0.6 is 11.6 Å². The largest absolute Gasteiger partial charge is 0.417 e. The number of methoxy groups -OCH3 is 1. The molecule has 0 unspecified atom stereocenters. The lowest BCUT2D eigenvalue weighted by molar-refractivity contribution is -0.137. The Bertz CT molecular complexity index is 711. The van der Waals surface area contributed by atoms with Gasteiger partial charge in [0.25, 0.3) is 0 Å². The molecule has 1 aromatic carbocycles. The quantitative estimate of drug-likeness (QED) is 0.682. The molecule has 2 aromatic rings. The van der Waals surface area contributed by atoms with Crippen molar-refractivity contribution >= 4 is 34.6 Å². The predicted octanol–water partition coefficient (Wildman–Crippen LogP) is 3.53. The molecule has 0 fully saturated rings. The molecule has 6 nitrogen and oxygen atoms in total. The molecule has 130 valence electrons. The Balaban J connectivity index is 2.24. The van der Waals surface area contributed by atoms with E-state index in [4.69, 9.17) is 22.1 Å². The predicted molar refractivity (Wildman–Crippen MR) is 86.5 cm³/mol. The molecule has 0 aliphatic rings. The van der Waals surface area contributed by atoms with E-state index < -0.39 is 11.7 Å². The third-order valence-corrected chi connectivity index (χ3v) is 3.35. The smallest absolute Gasteiger partial charge is 0.393 e. The topological polar surface area (TPSA) is 85.1 Å². The van der Waals surface area contributed by atoms with Crippen LogP contribution in [0.3, 0.4) is 0 Å². The number of anilines is 4. The van der Waals surface area contributed by atoms with Crippen molar-refractivity contribution in [1.29, 1.82) is 0 Å². The fourth-order valence-corrected chi connectivity index (χ4v) is 2.09. The standard InChI is InChI=1S/C14H15ClF3N5O/c1-24-5-4-20-12-11(19)13(22-7-21-12)23-8-2-3-10(15)9(6-8)14(16,17)18/h2-3,6-7H,4-5,19H2,1H3,(H2,20,21,22,23). The molecule has 2 rings (SSSR count). The number of aromatic nitrogens is 2. The van der Waals surface area contributed by atoms with Gasteiger partial charge in [-0.05, 0) is 18.2 Å². The first-order chi connectivity index (χ1) is 11.3. The van der Waals surface area contributed by atoms with Crippen LogP contribution in [0.4, 0.5) is 36.2 Å². The summed E-state index contributed by atoms with van der Waals surface area (Å²) in [6.45, 7) is 0.911. The number of benzene rings is 1. The Morgan fingerprint density at radius 3 is 2.62 bits per heavy atom. The van der Waals surface area contributed by atoms with E-state index in [1.165, 1.54) is 12.4 Å². The van der Waals surface area contributed by atoms with E-state index >= 15 is 0 Å². The fourth-order valence-electron chi connectivity index (χ4n) is 1.86. The Labute approximate surface area is 141 Å². The zero-order valence-corrected chi connectivity index (χ0v) is 13.4. The van der Waals surface area contributed by atoms with Crippen LogP contribution in [0, 0.1) is 0 Å². The lowest BCUT2D eigenvalue weighted by Gasteiger charge is -2.14. The van der Waals surface area contributed by atoms with Crippen molar-refractivity contribution in [3.05, 3.63) is 35.1 Å². The van der Waals surface area contributed by atoms with Crippen LogP contribution in [0.2, 0.25) is 5.02 Å². The minimum atomic E-state index is -4.56. The summed E-state index contributed by atoms with van der Waals surface area (Å²) in [6.07, 6.45) is -3.31. The molecule has 0 spiro atoms. The average molecular weight is 362 g/mol. The molecule has 0 amide bonds. The molecule has 4 N–H and O–H groups in total. The van der Waals surface area contributed by atoms with Gasteiger partial charge in [0, 0.05) is 19.3 Å². The van der Waals surface area contributed by atoms with Gasteiger partial charge in [0.15, 0.2) is 11.6 Å². The van der Waals surface area contributed by atoms with Gasteiger partial charge in [-0.3, -0.25) is 0 Å². The van der Waals surface area contributed by atoms with Gasteiger partial charge in [-0.1, -0.05) is 11.6 Å². The monoisotopic (exact) mass is 361 g/mol. The van der Waals surface area contributed by atoms with E-state index in [1.54, 1.807) is 7.11 Å². The van der Waals surface area contributed by atoms with E-state index in [1.807, 2.05) is 0 Å².